The van der Waals surface area contributed by atoms with Crippen LogP contribution in [0.5, 0.6) is 5.75 Å². The highest BCUT2D eigenvalue weighted by molar-refractivity contribution is 6.05. The molecule has 1 heterocycles. The Kier molecular flexibility index (Phi) is 8.06. The van der Waals surface area contributed by atoms with Gasteiger partial charge >= 0.3 is 6.03 Å². The largest absolute Gasteiger partial charge is 0.489 e. The summed E-state index contributed by atoms with van der Waals surface area (Å²) in [6.07, 6.45) is 0. The second-order valence-electron chi connectivity index (χ2n) is 9.55. The van der Waals surface area contributed by atoms with Crippen LogP contribution in [0.4, 0.5) is 16.2 Å². The number of ether oxygens (including phenoxy) is 1. The van der Waals surface area contributed by atoms with Gasteiger partial charge in [0.1, 0.15) is 24.9 Å². The van der Waals surface area contributed by atoms with Gasteiger partial charge in [0.05, 0.1) is 11.7 Å². The highest BCUT2D eigenvalue weighted by atomic mass is 16.5. The standard InChI is InChI=1S/C32H30N4O4/c1-22-11-10-16-25(19-22)33-32(39)34-26-21-40-28-18-9-8-17-27(28)36(31(26)38)20-29(37)35-30(23-12-4-2-5-13-23)24-14-6-3-7-15-24/h2-19,26,30H,20-21H2,1H3,(H,35,37)(H2,33,34,39)/t26-/m1/s1. The van der Waals surface area contributed by atoms with Crippen LogP contribution in [0.15, 0.2) is 109 Å². The number of hydrogen-bond acceptors (Lipinski definition) is 4. The van der Waals surface area contributed by atoms with E-state index in [9.17, 15) is 14.4 Å². The number of nitrogens with zero attached hydrogens (tertiary/aromatic N) is 1. The summed E-state index contributed by atoms with van der Waals surface area (Å²) in [4.78, 5) is 41.4. The van der Waals surface area contributed by atoms with Gasteiger partial charge in [0.15, 0.2) is 0 Å². The lowest BCUT2D eigenvalue weighted by molar-refractivity contribution is -0.125. The Balaban J connectivity index is 1.35. The minimum atomic E-state index is -1.01. The molecular formula is C32H30N4O4. The molecule has 0 radical (unpaired) electrons. The Bertz CT molecular complexity index is 1450. The Labute approximate surface area is 233 Å². The summed E-state index contributed by atoms with van der Waals surface area (Å²) in [5, 5.41) is 8.55. The minimum Gasteiger partial charge on any atom is -0.489 e. The van der Waals surface area contributed by atoms with Crippen molar-refractivity contribution >= 4 is 29.2 Å². The average molecular weight is 535 g/mol. The number of para-hydroxylation sites is 2. The van der Waals surface area contributed by atoms with Crippen molar-refractivity contribution in [3.8, 4) is 5.75 Å². The van der Waals surface area contributed by atoms with Gasteiger partial charge in [-0.05, 0) is 47.9 Å². The van der Waals surface area contributed by atoms with Crippen LogP contribution in [-0.4, -0.2) is 37.0 Å². The SMILES string of the molecule is Cc1cccc(NC(=O)N[C@@H]2COc3ccccc3N(CC(=O)NC(c3ccccc3)c3ccccc3)C2=O)c1. The van der Waals surface area contributed by atoms with E-state index in [1.54, 1.807) is 30.3 Å². The number of nitrogens with one attached hydrogen (secondary N) is 3. The molecule has 0 bridgehead atoms. The number of carbonyl (C=O) groups is 3. The molecule has 1 atom stereocenters. The number of aryl methyl sites for hydroxylation is 1. The van der Waals surface area contributed by atoms with Crippen molar-refractivity contribution in [2.24, 2.45) is 0 Å². The quantitative estimate of drug-likeness (QED) is 0.317. The summed E-state index contributed by atoms with van der Waals surface area (Å²) in [7, 11) is 0. The van der Waals surface area contributed by atoms with E-state index in [2.05, 4.69) is 16.0 Å². The summed E-state index contributed by atoms with van der Waals surface area (Å²) in [5.41, 5.74) is 3.89. The van der Waals surface area contributed by atoms with Crippen molar-refractivity contribution in [1.82, 2.24) is 10.6 Å². The van der Waals surface area contributed by atoms with E-state index in [4.69, 9.17) is 4.74 Å². The van der Waals surface area contributed by atoms with Gasteiger partial charge in [-0.2, -0.15) is 0 Å². The summed E-state index contributed by atoms with van der Waals surface area (Å²) < 4.78 is 5.90. The highest BCUT2D eigenvalue weighted by Crippen LogP contribution is 2.31. The number of anilines is 2. The lowest BCUT2D eigenvalue weighted by Crippen LogP contribution is -2.53. The van der Waals surface area contributed by atoms with Gasteiger partial charge in [0.25, 0.3) is 5.91 Å². The number of carbonyl (C=O) groups excluding carboxylic acids is 3. The van der Waals surface area contributed by atoms with Gasteiger partial charge in [-0.25, -0.2) is 4.79 Å². The van der Waals surface area contributed by atoms with Gasteiger partial charge < -0.3 is 20.7 Å². The molecule has 0 saturated carbocycles. The van der Waals surface area contributed by atoms with E-state index in [0.29, 0.717) is 17.1 Å². The number of rotatable bonds is 7. The zero-order valence-corrected chi connectivity index (χ0v) is 22.0. The van der Waals surface area contributed by atoms with Crippen molar-refractivity contribution in [3.63, 3.8) is 0 Å². The van der Waals surface area contributed by atoms with Crippen LogP contribution in [0.3, 0.4) is 0 Å². The monoisotopic (exact) mass is 534 g/mol. The van der Waals surface area contributed by atoms with E-state index >= 15 is 0 Å². The van der Waals surface area contributed by atoms with Crippen molar-refractivity contribution in [3.05, 3.63) is 126 Å². The fraction of sp³-hybridized carbons (Fsp3) is 0.156. The molecule has 4 amide bonds. The predicted molar refractivity (Wildman–Crippen MR) is 154 cm³/mol. The van der Waals surface area contributed by atoms with Crippen LogP contribution in [0.2, 0.25) is 0 Å². The number of fused-ring (bicyclic) bond motifs is 1. The zero-order valence-electron chi connectivity index (χ0n) is 22.0. The zero-order chi connectivity index (χ0) is 27.9. The normalized spacial score (nSPS) is 14.5. The molecular weight excluding hydrogens is 504 g/mol. The average Bonchev–Trinajstić information content (AvgIpc) is 3.09. The van der Waals surface area contributed by atoms with Crippen LogP contribution >= 0.6 is 0 Å². The third-order valence-electron chi connectivity index (χ3n) is 6.58. The number of urea groups is 1. The topological polar surface area (TPSA) is 99.8 Å². The van der Waals surface area contributed by atoms with E-state index in [0.717, 1.165) is 16.7 Å². The minimum absolute atomic E-state index is 0.0775. The van der Waals surface area contributed by atoms with E-state index < -0.39 is 24.0 Å². The molecule has 0 fully saturated rings. The molecule has 4 aromatic carbocycles. The van der Waals surface area contributed by atoms with E-state index in [-0.39, 0.29) is 19.1 Å². The van der Waals surface area contributed by atoms with Crippen LogP contribution in [-0.2, 0) is 9.59 Å². The van der Waals surface area contributed by atoms with Crippen LogP contribution < -0.4 is 25.6 Å². The first kappa shape index (κ1) is 26.5. The summed E-state index contributed by atoms with van der Waals surface area (Å²) in [6, 6.07) is 31.7. The first-order valence-corrected chi connectivity index (χ1v) is 13.0. The molecule has 40 heavy (non-hydrogen) atoms. The third kappa shape index (κ3) is 6.30. The molecule has 1 aliphatic heterocycles. The first-order valence-electron chi connectivity index (χ1n) is 13.0. The molecule has 202 valence electrons. The van der Waals surface area contributed by atoms with E-state index in [1.807, 2.05) is 85.8 Å². The molecule has 0 aliphatic carbocycles. The Morgan fingerprint density at radius 3 is 2.20 bits per heavy atom. The van der Waals surface area contributed by atoms with Crippen LogP contribution in [0.1, 0.15) is 22.7 Å². The first-order chi connectivity index (χ1) is 19.5. The van der Waals surface area contributed by atoms with Crippen molar-refractivity contribution in [2.45, 2.75) is 19.0 Å². The van der Waals surface area contributed by atoms with Gasteiger partial charge in [-0.3, -0.25) is 14.5 Å². The van der Waals surface area contributed by atoms with Crippen LogP contribution in [0.25, 0.3) is 0 Å². The smallest absolute Gasteiger partial charge is 0.320 e. The van der Waals surface area contributed by atoms with Crippen LogP contribution in [0, 0.1) is 6.92 Å². The van der Waals surface area contributed by atoms with Crippen molar-refractivity contribution < 1.29 is 19.1 Å². The summed E-state index contributed by atoms with van der Waals surface area (Å²) >= 11 is 0. The molecule has 8 heteroatoms. The molecule has 1 aliphatic rings. The Hall–Kier alpha value is -5.11. The Morgan fingerprint density at radius 1 is 0.875 bits per heavy atom. The van der Waals surface area contributed by atoms with Gasteiger partial charge in [0, 0.05) is 5.69 Å². The maximum atomic E-state index is 13.7. The summed E-state index contributed by atoms with van der Waals surface area (Å²) in [6.45, 7) is 1.59. The van der Waals surface area contributed by atoms with Gasteiger partial charge in [-0.1, -0.05) is 84.9 Å². The molecule has 0 unspecified atom stereocenters. The second-order valence-corrected chi connectivity index (χ2v) is 9.55. The second kappa shape index (κ2) is 12.2. The molecule has 0 spiro atoms. The maximum absolute atomic E-state index is 13.7. The molecule has 5 rings (SSSR count). The molecule has 3 N–H and O–H groups in total. The third-order valence-corrected chi connectivity index (χ3v) is 6.58. The molecule has 8 nitrogen and oxygen atoms in total. The molecule has 0 saturated heterocycles. The maximum Gasteiger partial charge on any atom is 0.320 e. The lowest BCUT2D eigenvalue weighted by Gasteiger charge is -2.26. The summed E-state index contributed by atoms with van der Waals surface area (Å²) in [5.74, 6) is -0.351. The van der Waals surface area contributed by atoms with Crippen molar-refractivity contribution in [1.29, 1.82) is 0 Å². The van der Waals surface area contributed by atoms with Crippen molar-refractivity contribution in [2.75, 3.05) is 23.4 Å². The van der Waals surface area contributed by atoms with Gasteiger partial charge in [-0.15, -0.1) is 0 Å². The molecule has 4 aromatic rings. The number of benzene rings is 4. The number of hydrogen-bond donors (Lipinski definition) is 3. The lowest BCUT2D eigenvalue weighted by atomic mass is 9.98. The predicted octanol–water partition coefficient (Wildman–Crippen LogP) is 4.82. The van der Waals surface area contributed by atoms with Gasteiger partial charge in [0.2, 0.25) is 5.91 Å². The van der Waals surface area contributed by atoms with E-state index in [1.165, 1.54) is 4.90 Å². The Morgan fingerprint density at radius 2 is 1.52 bits per heavy atom. The molecule has 0 aromatic heterocycles. The fourth-order valence-corrected chi connectivity index (χ4v) is 4.67. The number of amides is 4. The highest BCUT2D eigenvalue weighted by Gasteiger charge is 2.34. The fourth-order valence-electron chi connectivity index (χ4n) is 4.67.